The van der Waals surface area contributed by atoms with Gasteiger partial charge in [-0.1, -0.05) is 24.3 Å². The fourth-order valence-electron chi connectivity index (χ4n) is 2.80. The Balaban J connectivity index is 1.62. The summed E-state index contributed by atoms with van der Waals surface area (Å²) in [7, 11) is 0. The molecule has 3 rings (SSSR count). The van der Waals surface area contributed by atoms with Gasteiger partial charge in [-0.2, -0.15) is 0 Å². The number of hydrogen-bond donors (Lipinski definition) is 1. The molecule has 1 N–H and O–H groups in total. The number of nitrogens with zero attached hydrogens (tertiary/aromatic N) is 1. The summed E-state index contributed by atoms with van der Waals surface area (Å²) >= 11 is 3.42. The fourth-order valence-corrected chi connectivity index (χ4v) is 3.20. The van der Waals surface area contributed by atoms with Gasteiger partial charge in [-0.25, -0.2) is 4.39 Å². The van der Waals surface area contributed by atoms with E-state index in [2.05, 4.69) is 15.9 Å². The Morgan fingerprint density at radius 2 is 1.93 bits per heavy atom. The highest BCUT2D eigenvalue weighted by atomic mass is 79.9. The molecule has 0 spiro atoms. The monoisotopic (exact) mass is 433 g/mol. The van der Waals surface area contributed by atoms with Crippen LogP contribution in [0, 0.1) is 5.82 Å². The minimum atomic E-state index is -0.708. The number of hydrogen-bond acceptors (Lipinski definition) is 4. The third-order valence-corrected chi connectivity index (χ3v) is 4.65. The predicted molar refractivity (Wildman–Crippen MR) is 105 cm³/mol. The van der Waals surface area contributed by atoms with Crippen molar-refractivity contribution in [3.05, 3.63) is 88.5 Å². The molecule has 27 heavy (non-hydrogen) atoms. The first-order valence-corrected chi connectivity index (χ1v) is 9.44. The lowest BCUT2D eigenvalue weighted by Crippen LogP contribution is -2.35. The van der Waals surface area contributed by atoms with Crippen LogP contribution in [0.4, 0.5) is 4.39 Å². The average Bonchev–Trinajstić information content (AvgIpc) is 3.14. The van der Waals surface area contributed by atoms with Crippen molar-refractivity contribution in [3.8, 4) is 5.75 Å². The molecule has 1 aromatic heterocycles. The van der Waals surface area contributed by atoms with E-state index in [0.29, 0.717) is 25.4 Å². The van der Waals surface area contributed by atoms with E-state index in [0.717, 1.165) is 15.8 Å². The van der Waals surface area contributed by atoms with Crippen LogP contribution in [0.1, 0.15) is 11.3 Å². The van der Waals surface area contributed by atoms with Crippen LogP contribution in [0.15, 0.2) is 75.8 Å². The van der Waals surface area contributed by atoms with Gasteiger partial charge in [0.25, 0.3) is 0 Å². The topological polar surface area (TPSA) is 45.8 Å². The zero-order valence-electron chi connectivity index (χ0n) is 14.7. The molecule has 0 aliphatic rings. The molecule has 0 amide bonds. The van der Waals surface area contributed by atoms with Crippen LogP contribution in [0.5, 0.6) is 5.75 Å². The van der Waals surface area contributed by atoms with Crippen LogP contribution in [0.2, 0.25) is 0 Å². The van der Waals surface area contributed by atoms with Crippen molar-refractivity contribution in [3.63, 3.8) is 0 Å². The third kappa shape index (κ3) is 6.20. The summed E-state index contributed by atoms with van der Waals surface area (Å²) in [4.78, 5) is 2.00. The van der Waals surface area contributed by atoms with Crippen LogP contribution in [0.3, 0.4) is 0 Å². The van der Waals surface area contributed by atoms with Crippen LogP contribution < -0.4 is 4.74 Å². The molecule has 142 valence electrons. The normalized spacial score (nSPS) is 12.3. The zero-order valence-corrected chi connectivity index (χ0v) is 16.3. The SMILES string of the molecule is OC(COc1ccccc1Br)CN(Cc1cccc(F)c1)Cc1ccco1. The molecular weight excluding hydrogens is 413 g/mol. The van der Waals surface area contributed by atoms with Gasteiger partial charge in [-0.3, -0.25) is 4.90 Å². The largest absolute Gasteiger partial charge is 0.490 e. The number of para-hydroxylation sites is 1. The summed E-state index contributed by atoms with van der Waals surface area (Å²) in [5.41, 5.74) is 0.834. The van der Waals surface area contributed by atoms with E-state index >= 15 is 0 Å². The van der Waals surface area contributed by atoms with Gasteiger partial charge in [-0.15, -0.1) is 0 Å². The lowest BCUT2D eigenvalue weighted by Gasteiger charge is -2.24. The molecule has 0 radical (unpaired) electrons. The van der Waals surface area contributed by atoms with Crippen LogP contribution in [-0.4, -0.2) is 29.3 Å². The van der Waals surface area contributed by atoms with Crippen molar-refractivity contribution in [1.29, 1.82) is 0 Å². The van der Waals surface area contributed by atoms with E-state index in [4.69, 9.17) is 9.15 Å². The molecule has 0 saturated heterocycles. The molecule has 0 bridgehead atoms. The predicted octanol–water partition coefficient (Wildman–Crippen LogP) is 4.62. The molecule has 4 nitrogen and oxygen atoms in total. The smallest absolute Gasteiger partial charge is 0.133 e. The molecule has 0 fully saturated rings. The average molecular weight is 434 g/mol. The molecule has 1 unspecified atom stereocenters. The maximum Gasteiger partial charge on any atom is 0.133 e. The van der Waals surface area contributed by atoms with Crippen LogP contribution >= 0.6 is 15.9 Å². The summed E-state index contributed by atoms with van der Waals surface area (Å²) in [5.74, 6) is 1.19. The summed E-state index contributed by atoms with van der Waals surface area (Å²) in [5, 5.41) is 10.4. The first kappa shape index (κ1) is 19.6. The van der Waals surface area contributed by atoms with Gasteiger partial charge >= 0.3 is 0 Å². The van der Waals surface area contributed by atoms with E-state index in [-0.39, 0.29) is 12.4 Å². The zero-order chi connectivity index (χ0) is 19.1. The molecule has 3 aromatic rings. The second-order valence-electron chi connectivity index (χ2n) is 6.27. The molecule has 1 heterocycles. The quantitative estimate of drug-likeness (QED) is 0.534. The van der Waals surface area contributed by atoms with E-state index in [1.54, 1.807) is 12.3 Å². The van der Waals surface area contributed by atoms with Gasteiger partial charge in [0.1, 0.15) is 30.0 Å². The summed E-state index contributed by atoms with van der Waals surface area (Å²) in [6.07, 6.45) is 0.906. The number of halogens is 2. The Morgan fingerprint density at radius 1 is 1.07 bits per heavy atom. The summed E-state index contributed by atoms with van der Waals surface area (Å²) in [6, 6.07) is 17.7. The van der Waals surface area contributed by atoms with Crippen molar-refractivity contribution < 1.29 is 18.7 Å². The van der Waals surface area contributed by atoms with E-state index in [1.807, 2.05) is 47.4 Å². The number of rotatable bonds is 9. The van der Waals surface area contributed by atoms with Gasteiger partial charge in [0, 0.05) is 13.1 Å². The Bertz CT molecular complexity index is 841. The molecule has 0 aliphatic heterocycles. The van der Waals surface area contributed by atoms with Gasteiger partial charge < -0.3 is 14.3 Å². The highest BCUT2D eigenvalue weighted by Gasteiger charge is 2.16. The van der Waals surface area contributed by atoms with E-state index in [9.17, 15) is 9.50 Å². The van der Waals surface area contributed by atoms with Gasteiger partial charge in [0.15, 0.2) is 0 Å². The second-order valence-corrected chi connectivity index (χ2v) is 7.13. The summed E-state index contributed by atoms with van der Waals surface area (Å²) < 4.78 is 25.4. The Hall–Kier alpha value is -2.15. The van der Waals surface area contributed by atoms with E-state index < -0.39 is 6.10 Å². The van der Waals surface area contributed by atoms with Crippen LogP contribution in [-0.2, 0) is 13.1 Å². The highest BCUT2D eigenvalue weighted by molar-refractivity contribution is 9.10. The van der Waals surface area contributed by atoms with Gasteiger partial charge in [0.2, 0.25) is 0 Å². The van der Waals surface area contributed by atoms with Gasteiger partial charge in [0.05, 0.1) is 17.3 Å². The number of aliphatic hydroxyl groups excluding tert-OH is 1. The molecule has 0 aliphatic carbocycles. The lowest BCUT2D eigenvalue weighted by molar-refractivity contribution is 0.0602. The first-order valence-electron chi connectivity index (χ1n) is 8.65. The maximum absolute atomic E-state index is 13.5. The molecule has 1 atom stereocenters. The number of furan rings is 1. The van der Waals surface area contributed by atoms with Crippen molar-refractivity contribution in [1.82, 2.24) is 4.90 Å². The second kappa shape index (κ2) is 9.69. The number of benzene rings is 2. The summed E-state index contributed by atoms with van der Waals surface area (Å²) in [6.45, 7) is 1.52. The lowest BCUT2D eigenvalue weighted by atomic mass is 10.2. The fraction of sp³-hybridized carbons (Fsp3) is 0.238. The minimum absolute atomic E-state index is 0.153. The molecular formula is C21H21BrFNO3. The van der Waals surface area contributed by atoms with Gasteiger partial charge in [-0.05, 0) is 57.9 Å². The standard InChI is InChI=1S/C21H21BrFNO3/c22-20-8-1-2-9-21(20)27-15-18(25)13-24(14-19-7-4-10-26-19)12-16-5-3-6-17(23)11-16/h1-11,18,25H,12-15H2. The van der Waals surface area contributed by atoms with Crippen molar-refractivity contribution in [2.75, 3.05) is 13.2 Å². The van der Waals surface area contributed by atoms with Crippen molar-refractivity contribution in [2.45, 2.75) is 19.2 Å². The van der Waals surface area contributed by atoms with Crippen LogP contribution in [0.25, 0.3) is 0 Å². The third-order valence-electron chi connectivity index (χ3n) is 3.99. The van der Waals surface area contributed by atoms with Crippen molar-refractivity contribution in [2.24, 2.45) is 0 Å². The van der Waals surface area contributed by atoms with Crippen molar-refractivity contribution >= 4 is 15.9 Å². The molecule has 0 saturated carbocycles. The molecule has 6 heteroatoms. The Kier molecular flexibility index (Phi) is 7.04. The van der Waals surface area contributed by atoms with E-state index in [1.165, 1.54) is 12.1 Å². The highest BCUT2D eigenvalue weighted by Crippen LogP contribution is 2.24. The minimum Gasteiger partial charge on any atom is -0.490 e. The number of aliphatic hydroxyl groups is 1. The number of ether oxygens (including phenoxy) is 1. The Morgan fingerprint density at radius 3 is 2.67 bits per heavy atom. The first-order chi connectivity index (χ1) is 13.1. The molecule has 2 aromatic carbocycles. The Labute approximate surface area is 166 Å². The maximum atomic E-state index is 13.5.